The second-order valence-electron chi connectivity index (χ2n) is 4.25. The van der Waals surface area contributed by atoms with Crippen molar-refractivity contribution in [1.29, 1.82) is 0 Å². The third-order valence-electron chi connectivity index (χ3n) is 2.68. The number of anilines is 2. The zero-order valence-electron chi connectivity index (χ0n) is 10.5. The van der Waals surface area contributed by atoms with Gasteiger partial charge in [0.2, 0.25) is 0 Å². The van der Waals surface area contributed by atoms with Gasteiger partial charge in [-0.1, -0.05) is 11.6 Å². The van der Waals surface area contributed by atoms with Gasteiger partial charge >= 0.3 is 0 Å². The van der Waals surface area contributed by atoms with Crippen molar-refractivity contribution in [2.24, 2.45) is 0 Å². The van der Waals surface area contributed by atoms with E-state index in [9.17, 15) is 12.8 Å². The number of nitrogens with one attached hydrogen (secondary N) is 1. The molecule has 0 aliphatic rings. The van der Waals surface area contributed by atoms with Crippen LogP contribution in [0.25, 0.3) is 0 Å². The second-order valence-corrected chi connectivity index (χ2v) is 6.34. The largest absolute Gasteiger partial charge is 0.399 e. The number of nitrogen functional groups attached to an aromatic ring is 1. The molecule has 0 radical (unpaired) electrons. The first-order valence-corrected chi connectivity index (χ1v) is 7.50. The first kappa shape index (κ1) is 14.6. The molecule has 0 spiro atoms. The Morgan fingerprint density at radius 1 is 1.20 bits per heavy atom. The van der Waals surface area contributed by atoms with Gasteiger partial charge in [-0.3, -0.25) is 4.72 Å². The van der Waals surface area contributed by atoms with E-state index in [0.717, 1.165) is 12.1 Å². The molecule has 0 heterocycles. The van der Waals surface area contributed by atoms with Crippen molar-refractivity contribution >= 4 is 33.0 Å². The molecule has 0 bridgehead atoms. The van der Waals surface area contributed by atoms with Gasteiger partial charge in [0.05, 0.1) is 5.69 Å². The quantitative estimate of drug-likeness (QED) is 0.855. The minimum Gasteiger partial charge on any atom is -0.399 e. The normalized spacial score (nSPS) is 11.3. The summed E-state index contributed by atoms with van der Waals surface area (Å²) >= 11 is 5.80. The topological polar surface area (TPSA) is 72.2 Å². The van der Waals surface area contributed by atoms with E-state index in [2.05, 4.69) is 4.72 Å². The van der Waals surface area contributed by atoms with Gasteiger partial charge < -0.3 is 5.73 Å². The number of sulfonamides is 1. The molecule has 3 N–H and O–H groups in total. The fourth-order valence-corrected chi connectivity index (χ4v) is 3.14. The Balaban J connectivity index is 2.43. The van der Waals surface area contributed by atoms with E-state index in [1.54, 1.807) is 19.1 Å². The lowest BCUT2D eigenvalue weighted by atomic mass is 10.2. The molecule has 20 heavy (non-hydrogen) atoms. The van der Waals surface area contributed by atoms with Crippen LogP contribution >= 0.6 is 11.6 Å². The van der Waals surface area contributed by atoms with Crippen LogP contribution in [0.15, 0.2) is 41.3 Å². The molecule has 0 aliphatic heterocycles. The predicted octanol–water partition coefficient (Wildman–Crippen LogP) is 3.17. The van der Waals surface area contributed by atoms with E-state index in [1.165, 1.54) is 12.1 Å². The van der Waals surface area contributed by atoms with Gasteiger partial charge in [-0.2, -0.15) is 0 Å². The van der Waals surface area contributed by atoms with Crippen LogP contribution in [0, 0.1) is 12.7 Å². The van der Waals surface area contributed by atoms with Crippen molar-refractivity contribution in [3.8, 4) is 0 Å². The fraction of sp³-hybridized carbons (Fsp3) is 0.0769. The first-order valence-electron chi connectivity index (χ1n) is 5.63. The lowest BCUT2D eigenvalue weighted by molar-refractivity contribution is 0.570. The van der Waals surface area contributed by atoms with Crippen LogP contribution in [0.5, 0.6) is 0 Å². The number of nitrogens with two attached hydrogens (primary N) is 1. The molecule has 0 aliphatic carbocycles. The highest BCUT2D eigenvalue weighted by Gasteiger charge is 2.20. The number of aryl methyl sites for hydroxylation is 1. The molecule has 0 atom stereocenters. The number of benzene rings is 2. The molecule has 0 saturated carbocycles. The van der Waals surface area contributed by atoms with Crippen molar-refractivity contribution in [1.82, 2.24) is 0 Å². The zero-order valence-corrected chi connectivity index (χ0v) is 12.1. The molecule has 4 nitrogen and oxygen atoms in total. The maximum Gasteiger partial charge on any atom is 0.264 e. The highest BCUT2D eigenvalue weighted by atomic mass is 35.5. The van der Waals surface area contributed by atoms with Crippen molar-refractivity contribution in [3.05, 3.63) is 52.8 Å². The van der Waals surface area contributed by atoms with Crippen LogP contribution in [-0.2, 0) is 10.0 Å². The lowest BCUT2D eigenvalue weighted by Gasteiger charge is -2.11. The van der Waals surface area contributed by atoms with Crippen LogP contribution in [0.2, 0.25) is 5.02 Å². The summed E-state index contributed by atoms with van der Waals surface area (Å²) in [5.41, 5.74) is 6.62. The van der Waals surface area contributed by atoms with Crippen LogP contribution < -0.4 is 10.5 Å². The summed E-state index contributed by atoms with van der Waals surface area (Å²) in [5, 5.41) is 0.487. The maximum atomic E-state index is 13.6. The van der Waals surface area contributed by atoms with E-state index >= 15 is 0 Å². The minimum absolute atomic E-state index is 0.166. The van der Waals surface area contributed by atoms with E-state index in [-0.39, 0.29) is 5.69 Å². The molecule has 2 rings (SSSR count). The van der Waals surface area contributed by atoms with Gasteiger partial charge in [-0.05, 0) is 48.9 Å². The Morgan fingerprint density at radius 3 is 2.55 bits per heavy atom. The Kier molecular flexibility index (Phi) is 3.87. The average Bonchev–Trinajstić information content (AvgIpc) is 2.35. The molecule has 7 heteroatoms. The Bertz CT molecular complexity index is 763. The maximum absolute atomic E-state index is 13.6. The summed E-state index contributed by atoms with van der Waals surface area (Å²) in [6.07, 6.45) is 0. The van der Waals surface area contributed by atoms with Gasteiger partial charge in [-0.15, -0.1) is 0 Å². The van der Waals surface area contributed by atoms with Crippen molar-refractivity contribution < 1.29 is 12.8 Å². The molecule has 0 saturated heterocycles. The second kappa shape index (κ2) is 5.30. The van der Waals surface area contributed by atoms with Gasteiger partial charge in [0.15, 0.2) is 0 Å². The molecule has 0 unspecified atom stereocenters. The van der Waals surface area contributed by atoms with Crippen LogP contribution in [-0.4, -0.2) is 8.42 Å². The van der Waals surface area contributed by atoms with E-state index < -0.39 is 20.7 Å². The Hall–Kier alpha value is -1.79. The summed E-state index contributed by atoms with van der Waals surface area (Å²) in [7, 11) is -4.05. The van der Waals surface area contributed by atoms with Gasteiger partial charge in [0, 0.05) is 10.7 Å². The molecule has 0 aromatic heterocycles. The van der Waals surface area contributed by atoms with Crippen LogP contribution in [0.1, 0.15) is 5.56 Å². The third kappa shape index (κ3) is 3.02. The molecular formula is C13H12ClFN2O2S. The molecular weight excluding hydrogens is 303 g/mol. The number of halogens is 2. The molecule has 0 amide bonds. The van der Waals surface area contributed by atoms with Gasteiger partial charge in [-0.25, -0.2) is 12.8 Å². The fourth-order valence-electron chi connectivity index (χ4n) is 1.67. The van der Waals surface area contributed by atoms with Crippen molar-refractivity contribution in [2.45, 2.75) is 11.8 Å². The molecule has 106 valence electrons. The van der Waals surface area contributed by atoms with E-state index in [0.29, 0.717) is 16.3 Å². The van der Waals surface area contributed by atoms with E-state index in [4.69, 9.17) is 17.3 Å². The summed E-state index contributed by atoms with van der Waals surface area (Å²) < 4.78 is 40.3. The molecule has 2 aromatic carbocycles. The number of rotatable bonds is 3. The summed E-state index contributed by atoms with van der Waals surface area (Å²) in [6, 6.07) is 8.04. The van der Waals surface area contributed by atoms with Gasteiger partial charge in [0.25, 0.3) is 10.0 Å². The summed E-state index contributed by atoms with van der Waals surface area (Å²) in [6.45, 7) is 1.69. The first-order chi connectivity index (χ1) is 9.29. The summed E-state index contributed by atoms with van der Waals surface area (Å²) in [5.74, 6) is -0.863. The minimum atomic E-state index is -4.05. The smallest absolute Gasteiger partial charge is 0.264 e. The Labute approximate surface area is 121 Å². The van der Waals surface area contributed by atoms with E-state index in [1.807, 2.05) is 0 Å². The van der Waals surface area contributed by atoms with Crippen molar-refractivity contribution in [3.63, 3.8) is 0 Å². The predicted molar refractivity (Wildman–Crippen MR) is 77.8 cm³/mol. The SMILES string of the molecule is Cc1cc(Cl)ccc1NS(=O)(=O)c1cc(N)ccc1F. The third-order valence-corrected chi connectivity index (χ3v) is 4.29. The highest BCUT2D eigenvalue weighted by Crippen LogP contribution is 2.24. The lowest BCUT2D eigenvalue weighted by Crippen LogP contribution is -2.15. The van der Waals surface area contributed by atoms with Crippen molar-refractivity contribution in [2.75, 3.05) is 10.5 Å². The average molecular weight is 315 g/mol. The van der Waals surface area contributed by atoms with Gasteiger partial charge in [0.1, 0.15) is 10.7 Å². The molecule has 2 aromatic rings. The monoisotopic (exact) mass is 314 g/mol. The van der Waals surface area contributed by atoms with Crippen LogP contribution in [0.4, 0.5) is 15.8 Å². The number of hydrogen-bond acceptors (Lipinski definition) is 3. The highest BCUT2D eigenvalue weighted by molar-refractivity contribution is 7.92. The standard InChI is InChI=1S/C13H12ClFN2O2S/c1-8-6-9(14)2-5-12(8)17-20(18,19)13-7-10(16)3-4-11(13)15/h2-7,17H,16H2,1H3. The Morgan fingerprint density at radius 2 is 1.90 bits per heavy atom. The van der Waals surface area contributed by atoms with Crippen LogP contribution in [0.3, 0.4) is 0 Å². The summed E-state index contributed by atoms with van der Waals surface area (Å²) in [4.78, 5) is -0.494. The number of hydrogen-bond donors (Lipinski definition) is 2. The zero-order chi connectivity index (χ0) is 14.9. The molecule has 0 fully saturated rings.